The summed E-state index contributed by atoms with van der Waals surface area (Å²) in [6, 6.07) is 17.8. The first-order chi connectivity index (χ1) is 17.0. The fourth-order valence-electron chi connectivity index (χ4n) is 4.83. The van der Waals surface area contributed by atoms with E-state index < -0.39 is 6.10 Å². The number of thiophene rings is 1. The normalized spacial score (nSPS) is 15.4. The number of likely N-dealkylation sites (tertiary alicyclic amines) is 1. The largest absolute Gasteiger partial charge is 0.388 e. The van der Waals surface area contributed by atoms with Gasteiger partial charge in [0.2, 0.25) is 5.91 Å². The molecule has 0 radical (unpaired) electrons. The van der Waals surface area contributed by atoms with Crippen LogP contribution in [0.15, 0.2) is 71.1 Å². The molecular weight excluding hydrogens is 458 g/mol. The fraction of sp³-hybridized carbons (Fsp3) is 0.321. The van der Waals surface area contributed by atoms with Crippen molar-refractivity contribution in [3.8, 4) is 11.1 Å². The van der Waals surface area contributed by atoms with Crippen LogP contribution in [0.2, 0.25) is 0 Å². The van der Waals surface area contributed by atoms with Crippen molar-refractivity contribution in [1.82, 2.24) is 14.5 Å². The first kappa shape index (κ1) is 23.5. The third kappa shape index (κ3) is 4.92. The van der Waals surface area contributed by atoms with E-state index >= 15 is 0 Å². The SMILES string of the molecule is Cc1ccc(-c2csc3ncn(CCC(=O)N4CCC(C(O)c5ccccc5)CC4)c(=O)c23)cc1. The van der Waals surface area contributed by atoms with Crippen molar-refractivity contribution in [2.24, 2.45) is 5.92 Å². The number of amides is 1. The molecule has 1 atom stereocenters. The first-order valence-electron chi connectivity index (χ1n) is 12.1. The van der Waals surface area contributed by atoms with Gasteiger partial charge in [-0.2, -0.15) is 0 Å². The van der Waals surface area contributed by atoms with Crippen LogP contribution in [0.1, 0.15) is 36.5 Å². The molecule has 3 heterocycles. The Bertz CT molecular complexity index is 1370. The van der Waals surface area contributed by atoms with E-state index in [0.717, 1.165) is 29.5 Å². The zero-order valence-electron chi connectivity index (χ0n) is 19.8. The van der Waals surface area contributed by atoms with Gasteiger partial charge in [-0.25, -0.2) is 4.98 Å². The average molecular weight is 488 g/mol. The van der Waals surface area contributed by atoms with Crippen LogP contribution < -0.4 is 5.56 Å². The molecule has 0 bridgehead atoms. The van der Waals surface area contributed by atoms with Crippen molar-refractivity contribution >= 4 is 27.5 Å². The monoisotopic (exact) mass is 487 g/mol. The molecule has 180 valence electrons. The highest BCUT2D eigenvalue weighted by Crippen LogP contribution is 2.32. The number of piperidine rings is 1. The summed E-state index contributed by atoms with van der Waals surface area (Å²) in [4.78, 5) is 33.2. The number of aromatic nitrogens is 2. The highest BCUT2D eigenvalue weighted by Gasteiger charge is 2.28. The van der Waals surface area contributed by atoms with Crippen LogP contribution in [-0.2, 0) is 11.3 Å². The lowest BCUT2D eigenvalue weighted by atomic mass is 9.87. The number of hydrogen-bond acceptors (Lipinski definition) is 5. The van der Waals surface area contributed by atoms with E-state index in [-0.39, 0.29) is 23.8 Å². The van der Waals surface area contributed by atoms with E-state index in [0.29, 0.717) is 29.9 Å². The summed E-state index contributed by atoms with van der Waals surface area (Å²) in [5.41, 5.74) is 3.88. The van der Waals surface area contributed by atoms with Gasteiger partial charge in [0.25, 0.3) is 5.56 Å². The van der Waals surface area contributed by atoms with Gasteiger partial charge in [0.1, 0.15) is 4.83 Å². The zero-order chi connectivity index (χ0) is 24.4. The Hall–Kier alpha value is -3.29. The standard InChI is InChI=1S/C28H29N3O3S/c1-19-7-9-20(10-8-19)23-17-35-27-25(23)28(34)31(18-29-27)16-13-24(32)30-14-11-22(12-15-30)26(33)21-5-3-2-4-6-21/h2-10,17-18,22,26,33H,11-16H2,1H3. The van der Waals surface area contributed by atoms with Gasteiger partial charge >= 0.3 is 0 Å². The Kier molecular flexibility index (Phi) is 6.79. The third-order valence-corrected chi connectivity index (χ3v) is 7.86. The van der Waals surface area contributed by atoms with E-state index in [1.807, 2.05) is 71.8 Å². The van der Waals surface area contributed by atoms with Crippen LogP contribution in [-0.4, -0.2) is 38.6 Å². The van der Waals surface area contributed by atoms with Gasteiger partial charge < -0.3 is 10.0 Å². The van der Waals surface area contributed by atoms with E-state index in [2.05, 4.69) is 4.98 Å². The first-order valence-corrected chi connectivity index (χ1v) is 12.9. The predicted molar refractivity (Wildman–Crippen MR) is 139 cm³/mol. The number of aliphatic hydroxyl groups is 1. The molecule has 1 aliphatic heterocycles. The van der Waals surface area contributed by atoms with Gasteiger partial charge in [0.05, 0.1) is 17.8 Å². The topological polar surface area (TPSA) is 75.4 Å². The number of nitrogens with zero attached hydrogens (tertiary/aromatic N) is 3. The summed E-state index contributed by atoms with van der Waals surface area (Å²) in [6.45, 7) is 3.59. The van der Waals surface area contributed by atoms with Gasteiger partial charge in [-0.1, -0.05) is 60.2 Å². The minimum atomic E-state index is -0.502. The summed E-state index contributed by atoms with van der Waals surface area (Å²) in [7, 11) is 0. The van der Waals surface area contributed by atoms with Crippen molar-refractivity contribution in [3.05, 3.63) is 87.8 Å². The highest BCUT2D eigenvalue weighted by atomic mass is 32.1. The van der Waals surface area contributed by atoms with Crippen molar-refractivity contribution in [2.75, 3.05) is 13.1 Å². The van der Waals surface area contributed by atoms with Crippen molar-refractivity contribution in [2.45, 2.75) is 38.8 Å². The number of aryl methyl sites for hydroxylation is 2. The maximum Gasteiger partial charge on any atom is 0.262 e. The lowest BCUT2D eigenvalue weighted by Crippen LogP contribution is -2.40. The number of hydrogen-bond donors (Lipinski definition) is 1. The second kappa shape index (κ2) is 10.1. The number of aliphatic hydroxyl groups excluding tert-OH is 1. The summed E-state index contributed by atoms with van der Waals surface area (Å²) in [6.07, 6.45) is 2.84. The Morgan fingerprint density at radius 2 is 1.83 bits per heavy atom. The highest BCUT2D eigenvalue weighted by molar-refractivity contribution is 7.17. The molecule has 1 unspecified atom stereocenters. The summed E-state index contributed by atoms with van der Waals surface area (Å²) in [5, 5.41) is 13.3. The maximum atomic E-state index is 13.3. The third-order valence-electron chi connectivity index (χ3n) is 6.97. The van der Waals surface area contributed by atoms with Gasteiger partial charge in [0, 0.05) is 37.0 Å². The Morgan fingerprint density at radius 3 is 2.54 bits per heavy atom. The molecule has 7 heteroatoms. The molecule has 0 saturated carbocycles. The van der Waals surface area contributed by atoms with Crippen LogP contribution in [0.5, 0.6) is 0 Å². The molecule has 0 spiro atoms. The van der Waals surface area contributed by atoms with Gasteiger partial charge in [-0.3, -0.25) is 14.2 Å². The molecule has 1 aliphatic rings. The summed E-state index contributed by atoms with van der Waals surface area (Å²) < 4.78 is 1.55. The summed E-state index contributed by atoms with van der Waals surface area (Å²) >= 11 is 1.46. The molecule has 5 rings (SSSR count). The van der Waals surface area contributed by atoms with Crippen molar-refractivity contribution < 1.29 is 9.90 Å². The minimum absolute atomic E-state index is 0.0359. The fourth-order valence-corrected chi connectivity index (χ4v) is 5.74. The van der Waals surface area contributed by atoms with E-state index in [1.54, 1.807) is 10.9 Å². The number of carbonyl (C=O) groups is 1. The molecule has 1 amide bonds. The molecule has 6 nitrogen and oxygen atoms in total. The second-order valence-corrected chi connectivity index (χ2v) is 10.1. The zero-order valence-corrected chi connectivity index (χ0v) is 20.6. The average Bonchev–Trinajstić information content (AvgIpc) is 3.34. The van der Waals surface area contributed by atoms with Crippen LogP contribution >= 0.6 is 11.3 Å². The van der Waals surface area contributed by atoms with Crippen molar-refractivity contribution in [1.29, 1.82) is 0 Å². The molecule has 35 heavy (non-hydrogen) atoms. The lowest BCUT2D eigenvalue weighted by molar-refractivity contribution is -0.133. The molecule has 1 fully saturated rings. The lowest BCUT2D eigenvalue weighted by Gasteiger charge is -2.34. The number of rotatable bonds is 6. The number of fused-ring (bicyclic) bond motifs is 1. The van der Waals surface area contributed by atoms with Crippen LogP contribution in [0, 0.1) is 12.8 Å². The van der Waals surface area contributed by atoms with Gasteiger partial charge in [0.15, 0.2) is 0 Å². The molecule has 2 aromatic heterocycles. The molecule has 1 saturated heterocycles. The molecular formula is C28H29N3O3S. The quantitative estimate of drug-likeness (QED) is 0.424. The van der Waals surface area contributed by atoms with Crippen molar-refractivity contribution in [3.63, 3.8) is 0 Å². The summed E-state index contributed by atoms with van der Waals surface area (Å²) in [5.74, 6) is 0.184. The van der Waals surface area contributed by atoms with E-state index in [1.165, 1.54) is 16.9 Å². The minimum Gasteiger partial charge on any atom is -0.388 e. The maximum absolute atomic E-state index is 13.3. The van der Waals surface area contributed by atoms with Gasteiger partial charge in [-0.05, 0) is 36.8 Å². The van der Waals surface area contributed by atoms with E-state index in [4.69, 9.17) is 0 Å². The molecule has 0 aliphatic carbocycles. The van der Waals surface area contributed by atoms with Gasteiger partial charge in [-0.15, -0.1) is 11.3 Å². The molecule has 4 aromatic rings. The second-order valence-electron chi connectivity index (χ2n) is 9.26. The molecule has 2 aromatic carbocycles. The van der Waals surface area contributed by atoms with Crippen LogP contribution in [0.4, 0.5) is 0 Å². The smallest absolute Gasteiger partial charge is 0.262 e. The Labute approximate surface area is 208 Å². The number of benzene rings is 2. The van der Waals surface area contributed by atoms with Crippen LogP contribution in [0.25, 0.3) is 21.3 Å². The van der Waals surface area contributed by atoms with E-state index in [9.17, 15) is 14.7 Å². The van der Waals surface area contributed by atoms with Crippen LogP contribution in [0.3, 0.4) is 0 Å². The predicted octanol–water partition coefficient (Wildman–Crippen LogP) is 4.80. The number of carbonyl (C=O) groups excluding carboxylic acids is 1. The Morgan fingerprint density at radius 1 is 1.11 bits per heavy atom. The molecule has 1 N–H and O–H groups in total. The Balaban J connectivity index is 1.23.